The van der Waals surface area contributed by atoms with Crippen LogP contribution in [-0.2, 0) is 18.3 Å². The van der Waals surface area contributed by atoms with E-state index in [0.717, 1.165) is 19.3 Å². The van der Waals surface area contributed by atoms with Crippen LogP contribution in [0.2, 0.25) is 0 Å². The van der Waals surface area contributed by atoms with E-state index in [-0.39, 0.29) is 13.2 Å². The molecule has 9 heteroatoms. The topological polar surface area (TPSA) is 96.9 Å². The lowest BCUT2D eigenvalue weighted by molar-refractivity contribution is -0.870. The molecule has 0 aromatic carbocycles. The third-order valence-corrected chi connectivity index (χ3v) is 6.87. The molecule has 0 saturated carbocycles. The zero-order valence-corrected chi connectivity index (χ0v) is 24.3. The van der Waals surface area contributed by atoms with Gasteiger partial charge in [0.05, 0.1) is 27.7 Å². The third kappa shape index (κ3) is 24.8. The van der Waals surface area contributed by atoms with Gasteiger partial charge in [-0.2, -0.15) is 0 Å². The summed E-state index contributed by atoms with van der Waals surface area (Å²) in [4.78, 5) is 23.9. The molecule has 1 N–H and O–H groups in total. The minimum atomic E-state index is -4.44. The van der Waals surface area contributed by atoms with Crippen molar-refractivity contribution in [2.75, 3.05) is 47.4 Å². The molecular weight excluding hydrogens is 467 g/mol. The summed E-state index contributed by atoms with van der Waals surface area (Å²) in [5, 5.41) is 2.58. The Bertz CT molecular complexity index is 556. The van der Waals surface area contributed by atoms with Crippen molar-refractivity contribution in [3.8, 4) is 0 Å². The molecule has 0 bridgehead atoms. The van der Waals surface area contributed by atoms with Gasteiger partial charge in [0.1, 0.15) is 19.3 Å². The molecule has 0 saturated heterocycles. The Hall–Kier alpha value is -0.660. The monoisotopic (exact) mass is 522 g/mol. The minimum absolute atomic E-state index is 0.0467. The molecule has 0 aliphatic heterocycles. The molecule has 8 nitrogen and oxygen atoms in total. The van der Waals surface area contributed by atoms with Crippen LogP contribution in [0.3, 0.4) is 0 Å². The molecule has 0 spiro atoms. The maximum Gasteiger partial charge on any atom is 0.407 e. The fraction of sp³-hybridized carbons (Fsp3) is 0.962. The normalized spacial score (nSPS) is 14.5. The SMILES string of the molecule is CCCCCCCCCCCCCCCCC(COP(=O)([O-])OCC[N+](C)(C)C)OC(=O)NCC. The minimum Gasteiger partial charge on any atom is -0.756 e. The molecule has 1 amide bonds. The number of alkyl carbamates (subject to hydrolysis) is 1. The van der Waals surface area contributed by atoms with Crippen molar-refractivity contribution < 1.29 is 32.5 Å². The quantitative estimate of drug-likeness (QED) is 0.0924. The van der Waals surface area contributed by atoms with Gasteiger partial charge in [-0.05, 0) is 19.8 Å². The molecule has 2 unspecified atom stereocenters. The van der Waals surface area contributed by atoms with Gasteiger partial charge in [-0.15, -0.1) is 0 Å². The maximum absolute atomic E-state index is 12.1. The van der Waals surface area contributed by atoms with E-state index in [9.17, 15) is 14.3 Å². The summed E-state index contributed by atoms with van der Waals surface area (Å²) < 4.78 is 28.0. The Labute approximate surface area is 215 Å². The number of likely N-dealkylation sites (N-methyl/N-ethyl adjacent to an activating group) is 1. The Morgan fingerprint density at radius 3 is 1.77 bits per heavy atom. The molecular formula is C26H55N2O6P. The lowest BCUT2D eigenvalue weighted by atomic mass is 10.0. The zero-order valence-electron chi connectivity index (χ0n) is 23.4. The van der Waals surface area contributed by atoms with Gasteiger partial charge in [0.15, 0.2) is 0 Å². The van der Waals surface area contributed by atoms with Crippen LogP contribution in [0.5, 0.6) is 0 Å². The molecule has 35 heavy (non-hydrogen) atoms. The molecule has 0 aromatic rings. The van der Waals surface area contributed by atoms with Crippen LogP contribution in [-0.4, -0.2) is 64.1 Å². The third-order valence-electron chi connectivity index (χ3n) is 5.90. The molecule has 210 valence electrons. The number of carbonyl (C=O) groups excluding carboxylic acids is 1. The Morgan fingerprint density at radius 2 is 1.31 bits per heavy atom. The van der Waals surface area contributed by atoms with Gasteiger partial charge in [0.2, 0.25) is 0 Å². The second-order valence-corrected chi connectivity index (χ2v) is 11.9. The number of unbranched alkanes of at least 4 members (excludes halogenated alkanes) is 13. The van der Waals surface area contributed by atoms with Gasteiger partial charge in [-0.1, -0.05) is 90.4 Å². The molecule has 0 heterocycles. The van der Waals surface area contributed by atoms with Gasteiger partial charge in [-0.25, -0.2) is 4.79 Å². The van der Waals surface area contributed by atoms with Crippen molar-refractivity contribution in [3.63, 3.8) is 0 Å². The van der Waals surface area contributed by atoms with Gasteiger partial charge < -0.3 is 28.5 Å². The number of phosphoric acid groups is 1. The largest absolute Gasteiger partial charge is 0.756 e. The molecule has 0 aliphatic rings. The summed E-state index contributed by atoms with van der Waals surface area (Å²) in [6.45, 7) is 4.86. The predicted molar refractivity (Wildman–Crippen MR) is 141 cm³/mol. The predicted octanol–water partition coefficient (Wildman–Crippen LogP) is 6.18. The molecule has 0 fully saturated rings. The summed E-state index contributed by atoms with van der Waals surface area (Å²) in [5.41, 5.74) is 0. The maximum atomic E-state index is 12.1. The summed E-state index contributed by atoms with van der Waals surface area (Å²) in [7, 11) is 1.42. The second-order valence-electron chi connectivity index (χ2n) is 10.5. The molecule has 0 rings (SSSR count). The van der Waals surface area contributed by atoms with Crippen LogP contribution in [0.4, 0.5) is 4.79 Å². The molecule has 0 radical (unpaired) electrons. The lowest BCUT2D eigenvalue weighted by Gasteiger charge is -2.28. The number of phosphoric ester groups is 1. The number of rotatable bonds is 24. The number of amides is 1. The van der Waals surface area contributed by atoms with Crippen LogP contribution >= 0.6 is 7.82 Å². The number of hydrogen-bond acceptors (Lipinski definition) is 6. The van der Waals surface area contributed by atoms with Crippen molar-refractivity contribution in [1.29, 1.82) is 0 Å². The number of carbonyl (C=O) groups is 1. The van der Waals surface area contributed by atoms with E-state index in [2.05, 4.69) is 12.2 Å². The Balaban J connectivity index is 4.05. The van der Waals surface area contributed by atoms with Crippen molar-refractivity contribution in [2.24, 2.45) is 0 Å². The van der Waals surface area contributed by atoms with E-state index in [0.29, 0.717) is 24.0 Å². The summed E-state index contributed by atoms with van der Waals surface area (Å²) in [6.07, 6.45) is 17.1. The lowest BCUT2D eigenvalue weighted by Crippen LogP contribution is -2.37. The van der Waals surface area contributed by atoms with Crippen molar-refractivity contribution in [2.45, 2.75) is 116 Å². The van der Waals surface area contributed by atoms with E-state index < -0.39 is 20.0 Å². The van der Waals surface area contributed by atoms with E-state index >= 15 is 0 Å². The second kappa shape index (κ2) is 21.4. The molecule has 0 aliphatic carbocycles. The van der Waals surface area contributed by atoms with E-state index in [1.165, 1.54) is 70.6 Å². The highest BCUT2D eigenvalue weighted by molar-refractivity contribution is 7.45. The fourth-order valence-corrected chi connectivity index (χ4v) is 4.45. The van der Waals surface area contributed by atoms with Crippen LogP contribution in [0.15, 0.2) is 0 Å². The van der Waals surface area contributed by atoms with E-state index in [1.54, 1.807) is 6.92 Å². The highest BCUT2D eigenvalue weighted by Gasteiger charge is 2.19. The van der Waals surface area contributed by atoms with Crippen LogP contribution in [0.1, 0.15) is 110 Å². The first-order valence-electron chi connectivity index (χ1n) is 13.9. The van der Waals surface area contributed by atoms with Crippen molar-refractivity contribution in [1.82, 2.24) is 5.32 Å². The first-order chi connectivity index (χ1) is 16.6. The standard InChI is InChI=1S/C26H55N2O6P/c1-6-8-9-10-11-12-13-14-15-16-17-18-19-20-21-25(34-26(29)27-7-2)24-33-35(30,31)32-23-22-28(3,4)5/h25H,6-24H2,1-5H3,(H-,27,29,30,31). The first kappa shape index (κ1) is 34.3. The first-order valence-corrected chi connectivity index (χ1v) is 15.4. The number of hydrogen-bond donors (Lipinski definition) is 1. The fourth-order valence-electron chi connectivity index (χ4n) is 3.72. The van der Waals surface area contributed by atoms with Crippen LogP contribution in [0, 0.1) is 0 Å². The zero-order chi connectivity index (χ0) is 26.4. The average molecular weight is 523 g/mol. The van der Waals surface area contributed by atoms with Gasteiger partial charge in [-0.3, -0.25) is 4.57 Å². The number of ether oxygens (including phenoxy) is 1. The van der Waals surface area contributed by atoms with E-state index in [1.807, 2.05) is 21.1 Å². The van der Waals surface area contributed by atoms with Crippen molar-refractivity contribution >= 4 is 13.9 Å². The highest BCUT2D eigenvalue weighted by Crippen LogP contribution is 2.38. The number of nitrogens with zero attached hydrogens (tertiary/aromatic N) is 1. The highest BCUT2D eigenvalue weighted by atomic mass is 31.2. The van der Waals surface area contributed by atoms with E-state index in [4.69, 9.17) is 13.8 Å². The van der Waals surface area contributed by atoms with Crippen LogP contribution < -0.4 is 10.2 Å². The number of nitrogens with one attached hydrogen (secondary N) is 1. The Morgan fingerprint density at radius 1 is 0.829 bits per heavy atom. The summed E-state index contributed by atoms with van der Waals surface area (Å²) in [5.74, 6) is 0. The molecule has 0 aromatic heterocycles. The van der Waals surface area contributed by atoms with Crippen LogP contribution in [0.25, 0.3) is 0 Å². The molecule has 2 atom stereocenters. The Kier molecular flexibility index (Phi) is 21.0. The van der Waals surface area contributed by atoms with Gasteiger partial charge >= 0.3 is 6.09 Å². The van der Waals surface area contributed by atoms with Crippen molar-refractivity contribution in [3.05, 3.63) is 0 Å². The summed E-state index contributed by atoms with van der Waals surface area (Å²) >= 11 is 0. The van der Waals surface area contributed by atoms with Gasteiger partial charge in [0.25, 0.3) is 7.82 Å². The number of quaternary nitrogens is 1. The van der Waals surface area contributed by atoms with Gasteiger partial charge in [0, 0.05) is 6.54 Å². The smallest absolute Gasteiger partial charge is 0.407 e. The summed E-state index contributed by atoms with van der Waals surface area (Å²) in [6, 6.07) is 0. The average Bonchev–Trinajstić information content (AvgIpc) is 2.76.